The molecule has 1 amide bonds. The van der Waals surface area contributed by atoms with E-state index in [4.69, 9.17) is 4.74 Å². The van der Waals surface area contributed by atoms with Gasteiger partial charge in [0.15, 0.2) is 9.84 Å². The SMILES string of the molecule is C[C@H](C(=O)NCc1ccc(OC2CCCCC2)cc1)S(C)(=O)=O. The fourth-order valence-corrected chi connectivity index (χ4v) is 3.06. The number of rotatable bonds is 6. The van der Waals surface area contributed by atoms with Crippen LogP contribution in [0.2, 0.25) is 0 Å². The summed E-state index contributed by atoms with van der Waals surface area (Å²) in [7, 11) is -3.36. The zero-order chi connectivity index (χ0) is 16.9. The van der Waals surface area contributed by atoms with Gasteiger partial charge in [0.25, 0.3) is 0 Å². The van der Waals surface area contributed by atoms with Gasteiger partial charge in [0.2, 0.25) is 5.91 Å². The lowest BCUT2D eigenvalue weighted by molar-refractivity contribution is -0.120. The summed E-state index contributed by atoms with van der Waals surface area (Å²) >= 11 is 0. The summed E-state index contributed by atoms with van der Waals surface area (Å²) in [6, 6.07) is 7.58. The van der Waals surface area contributed by atoms with E-state index in [9.17, 15) is 13.2 Å². The molecule has 0 heterocycles. The third-order valence-corrected chi connectivity index (χ3v) is 5.76. The molecule has 0 aliphatic heterocycles. The lowest BCUT2D eigenvalue weighted by atomic mass is 9.98. The van der Waals surface area contributed by atoms with Gasteiger partial charge in [-0.2, -0.15) is 0 Å². The molecule has 1 atom stereocenters. The van der Waals surface area contributed by atoms with Crippen molar-refractivity contribution in [2.24, 2.45) is 0 Å². The first-order valence-corrected chi connectivity index (χ1v) is 10.0. The fraction of sp³-hybridized carbons (Fsp3) is 0.588. The molecule has 1 aromatic rings. The molecule has 1 N–H and O–H groups in total. The lowest BCUT2D eigenvalue weighted by Gasteiger charge is -2.23. The highest BCUT2D eigenvalue weighted by atomic mass is 32.2. The van der Waals surface area contributed by atoms with Crippen molar-refractivity contribution in [3.63, 3.8) is 0 Å². The van der Waals surface area contributed by atoms with Gasteiger partial charge in [0.05, 0.1) is 6.10 Å². The van der Waals surface area contributed by atoms with Gasteiger partial charge in [-0.3, -0.25) is 4.79 Å². The van der Waals surface area contributed by atoms with E-state index in [0.29, 0.717) is 12.6 Å². The number of ether oxygens (including phenoxy) is 1. The predicted molar refractivity (Wildman–Crippen MR) is 90.1 cm³/mol. The van der Waals surface area contributed by atoms with E-state index in [0.717, 1.165) is 30.4 Å². The third kappa shape index (κ3) is 5.53. The Labute approximate surface area is 138 Å². The second-order valence-corrected chi connectivity index (χ2v) is 8.58. The molecular weight excluding hydrogens is 314 g/mol. The summed E-state index contributed by atoms with van der Waals surface area (Å²) in [5.41, 5.74) is 0.912. The van der Waals surface area contributed by atoms with E-state index >= 15 is 0 Å². The molecule has 1 saturated carbocycles. The van der Waals surface area contributed by atoms with E-state index in [1.54, 1.807) is 0 Å². The summed E-state index contributed by atoms with van der Waals surface area (Å²) in [5, 5.41) is 1.62. The van der Waals surface area contributed by atoms with Crippen LogP contribution in [-0.2, 0) is 21.2 Å². The topological polar surface area (TPSA) is 72.5 Å². The molecule has 0 spiro atoms. The van der Waals surface area contributed by atoms with Crippen molar-refractivity contribution < 1.29 is 17.9 Å². The molecule has 1 aliphatic carbocycles. The van der Waals surface area contributed by atoms with Crippen LogP contribution in [-0.4, -0.2) is 31.9 Å². The highest BCUT2D eigenvalue weighted by Gasteiger charge is 2.23. The number of hydrogen-bond acceptors (Lipinski definition) is 4. The number of hydrogen-bond donors (Lipinski definition) is 1. The van der Waals surface area contributed by atoms with Crippen LogP contribution in [0.15, 0.2) is 24.3 Å². The maximum absolute atomic E-state index is 11.8. The molecule has 2 rings (SSSR count). The zero-order valence-corrected chi connectivity index (χ0v) is 14.6. The molecule has 0 aromatic heterocycles. The highest BCUT2D eigenvalue weighted by Crippen LogP contribution is 2.23. The Bertz CT molecular complexity index is 618. The molecule has 0 radical (unpaired) electrons. The van der Waals surface area contributed by atoms with Crippen LogP contribution < -0.4 is 10.1 Å². The highest BCUT2D eigenvalue weighted by molar-refractivity contribution is 7.92. The number of benzene rings is 1. The van der Waals surface area contributed by atoms with Crippen LogP contribution in [0.4, 0.5) is 0 Å². The molecule has 1 aromatic carbocycles. The molecule has 0 unspecified atom stereocenters. The standard InChI is InChI=1S/C17H25NO4S/c1-13(23(2,20)21)17(19)18-12-14-8-10-16(11-9-14)22-15-6-4-3-5-7-15/h8-11,13,15H,3-7,12H2,1-2H3,(H,18,19)/t13-/m1/s1. The van der Waals surface area contributed by atoms with Crippen molar-refractivity contribution in [2.45, 2.75) is 56.9 Å². The summed E-state index contributed by atoms with van der Waals surface area (Å²) in [6.07, 6.45) is 7.35. The first-order valence-electron chi connectivity index (χ1n) is 8.08. The largest absolute Gasteiger partial charge is 0.490 e. The van der Waals surface area contributed by atoms with Crippen molar-refractivity contribution in [1.29, 1.82) is 0 Å². The molecule has 5 nitrogen and oxygen atoms in total. The van der Waals surface area contributed by atoms with Crippen molar-refractivity contribution in [3.05, 3.63) is 29.8 Å². The smallest absolute Gasteiger partial charge is 0.238 e. The number of carbonyl (C=O) groups is 1. The maximum Gasteiger partial charge on any atom is 0.238 e. The van der Waals surface area contributed by atoms with Gasteiger partial charge < -0.3 is 10.1 Å². The summed E-state index contributed by atoms with van der Waals surface area (Å²) in [4.78, 5) is 11.8. The number of sulfone groups is 1. The zero-order valence-electron chi connectivity index (χ0n) is 13.7. The quantitative estimate of drug-likeness (QED) is 0.864. The average molecular weight is 339 g/mol. The normalized spacial score (nSPS) is 17.5. The van der Waals surface area contributed by atoms with E-state index < -0.39 is 21.0 Å². The monoisotopic (exact) mass is 339 g/mol. The molecule has 128 valence electrons. The number of amides is 1. The minimum Gasteiger partial charge on any atom is -0.490 e. The first-order chi connectivity index (χ1) is 10.9. The number of carbonyl (C=O) groups excluding carboxylic acids is 1. The second-order valence-electron chi connectivity index (χ2n) is 6.21. The van der Waals surface area contributed by atoms with E-state index in [-0.39, 0.29) is 0 Å². The third-order valence-electron chi connectivity index (χ3n) is 4.26. The van der Waals surface area contributed by atoms with E-state index in [2.05, 4.69) is 5.32 Å². The van der Waals surface area contributed by atoms with Crippen LogP contribution in [0.3, 0.4) is 0 Å². The van der Waals surface area contributed by atoms with Gasteiger partial charge in [-0.1, -0.05) is 18.6 Å². The molecule has 23 heavy (non-hydrogen) atoms. The van der Waals surface area contributed by atoms with Crippen molar-refractivity contribution in [1.82, 2.24) is 5.32 Å². The van der Waals surface area contributed by atoms with Crippen LogP contribution in [0.5, 0.6) is 5.75 Å². The summed E-state index contributed by atoms with van der Waals surface area (Å²) in [6.45, 7) is 1.70. The number of nitrogens with one attached hydrogen (secondary N) is 1. The average Bonchev–Trinajstić information content (AvgIpc) is 2.53. The van der Waals surface area contributed by atoms with Gasteiger partial charge >= 0.3 is 0 Å². The molecule has 0 saturated heterocycles. The van der Waals surface area contributed by atoms with Gasteiger partial charge in [0, 0.05) is 12.8 Å². The molecular formula is C17H25NO4S. The molecule has 6 heteroatoms. The summed E-state index contributed by atoms with van der Waals surface area (Å²) < 4.78 is 28.6. The van der Waals surface area contributed by atoms with Crippen molar-refractivity contribution in [3.8, 4) is 5.75 Å². The van der Waals surface area contributed by atoms with Crippen LogP contribution in [0.25, 0.3) is 0 Å². The van der Waals surface area contributed by atoms with Crippen LogP contribution in [0, 0.1) is 0 Å². The molecule has 0 bridgehead atoms. The predicted octanol–water partition coefficient (Wildman–Crippen LogP) is 2.45. The summed E-state index contributed by atoms with van der Waals surface area (Å²) in [5.74, 6) is 0.367. The molecule has 1 aliphatic rings. The van der Waals surface area contributed by atoms with E-state index in [1.165, 1.54) is 26.2 Å². The van der Waals surface area contributed by atoms with Gasteiger partial charge in [-0.15, -0.1) is 0 Å². The van der Waals surface area contributed by atoms with Crippen molar-refractivity contribution in [2.75, 3.05) is 6.26 Å². The van der Waals surface area contributed by atoms with E-state index in [1.807, 2.05) is 24.3 Å². The van der Waals surface area contributed by atoms with Gasteiger partial charge in [0.1, 0.15) is 11.0 Å². The maximum atomic E-state index is 11.8. The Morgan fingerprint density at radius 3 is 2.39 bits per heavy atom. The van der Waals surface area contributed by atoms with Crippen LogP contribution in [0.1, 0.15) is 44.6 Å². The lowest BCUT2D eigenvalue weighted by Crippen LogP contribution is -2.36. The minimum atomic E-state index is -3.36. The fourth-order valence-electron chi connectivity index (χ4n) is 2.59. The Morgan fingerprint density at radius 2 is 1.83 bits per heavy atom. The Kier molecular flexibility index (Phi) is 6.04. The Hall–Kier alpha value is -1.56. The van der Waals surface area contributed by atoms with Crippen molar-refractivity contribution >= 4 is 15.7 Å². The Morgan fingerprint density at radius 1 is 1.22 bits per heavy atom. The first kappa shape index (κ1) is 17.8. The van der Waals surface area contributed by atoms with Gasteiger partial charge in [-0.25, -0.2) is 8.42 Å². The van der Waals surface area contributed by atoms with Crippen LogP contribution >= 0.6 is 0 Å². The van der Waals surface area contributed by atoms with Gasteiger partial charge in [-0.05, 0) is 50.3 Å². The Balaban J connectivity index is 1.84. The minimum absolute atomic E-state index is 0.308. The molecule has 1 fully saturated rings. The second kappa shape index (κ2) is 7.81.